The number of benzene rings is 3. The van der Waals surface area contributed by atoms with Crippen LogP contribution >= 0.6 is 22.9 Å². The Hall–Kier alpha value is -3.67. The van der Waals surface area contributed by atoms with Crippen molar-refractivity contribution in [1.82, 2.24) is 10.2 Å². The van der Waals surface area contributed by atoms with Crippen LogP contribution in [0.1, 0.15) is 0 Å². The number of ether oxygens (including phenoxy) is 2. The molecular formula is C24H19ClN4O5S2. The lowest BCUT2D eigenvalue weighted by atomic mass is 10.2. The fourth-order valence-corrected chi connectivity index (χ4v) is 5.96. The molecule has 9 nitrogen and oxygen atoms in total. The Kier molecular flexibility index (Phi) is 6.52. The summed E-state index contributed by atoms with van der Waals surface area (Å²) in [6.45, 7) is -0.222. The van der Waals surface area contributed by atoms with E-state index in [1.807, 2.05) is 0 Å². The van der Waals surface area contributed by atoms with E-state index in [0.29, 0.717) is 21.5 Å². The molecule has 0 unspecified atom stereocenters. The third-order valence-corrected chi connectivity index (χ3v) is 8.35. The third kappa shape index (κ3) is 4.72. The van der Waals surface area contributed by atoms with Crippen LogP contribution in [0.3, 0.4) is 0 Å². The van der Waals surface area contributed by atoms with Gasteiger partial charge in [-0.15, -0.1) is 10.2 Å². The average molecular weight is 543 g/mol. The number of aromatic nitrogens is 2. The number of hydrogen-bond donors (Lipinski definition) is 1. The third-order valence-electron chi connectivity index (χ3n) is 5.42. The number of sulfonamides is 1. The molecular weight excluding hydrogens is 524 g/mol. The van der Waals surface area contributed by atoms with Crippen molar-refractivity contribution >= 4 is 49.7 Å². The normalized spacial score (nSPS) is 15.1. The number of anilines is 2. The highest BCUT2D eigenvalue weighted by Gasteiger charge is 2.37. The molecule has 0 spiro atoms. The Morgan fingerprint density at radius 3 is 2.53 bits per heavy atom. The molecule has 0 fully saturated rings. The van der Waals surface area contributed by atoms with Crippen molar-refractivity contribution in [2.45, 2.75) is 11.0 Å². The molecule has 2 heterocycles. The molecule has 5 rings (SSSR count). The van der Waals surface area contributed by atoms with E-state index < -0.39 is 22.0 Å². The summed E-state index contributed by atoms with van der Waals surface area (Å²) in [5.41, 5.74) is 1.15. The molecule has 0 aliphatic carbocycles. The SMILES string of the molecule is COc1ccc(S(=O)(=O)N2C[C@H](C(=O)Nc3nnc(-c4ccc(Cl)cc4)s3)Oc3ccccc32)cc1. The predicted molar refractivity (Wildman–Crippen MR) is 137 cm³/mol. The molecule has 1 N–H and O–H groups in total. The first-order valence-electron chi connectivity index (χ1n) is 10.7. The van der Waals surface area contributed by atoms with Gasteiger partial charge in [0, 0.05) is 10.6 Å². The van der Waals surface area contributed by atoms with Crippen LogP contribution in [0, 0.1) is 0 Å². The first-order chi connectivity index (χ1) is 17.3. The number of nitrogens with one attached hydrogen (secondary N) is 1. The summed E-state index contributed by atoms with van der Waals surface area (Å²) < 4.78 is 39.2. The average Bonchev–Trinajstić information content (AvgIpc) is 3.36. The largest absolute Gasteiger partial charge is 0.497 e. The lowest BCUT2D eigenvalue weighted by Crippen LogP contribution is -2.48. The lowest BCUT2D eigenvalue weighted by Gasteiger charge is -2.34. The maximum Gasteiger partial charge on any atom is 0.269 e. The highest BCUT2D eigenvalue weighted by molar-refractivity contribution is 7.92. The van der Waals surface area contributed by atoms with Gasteiger partial charge in [0.2, 0.25) is 5.13 Å². The number of nitrogens with zero attached hydrogens (tertiary/aromatic N) is 3. The molecule has 1 amide bonds. The lowest BCUT2D eigenvalue weighted by molar-refractivity contribution is -0.122. The Morgan fingerprint density at radius 1 is 1.08 bits per heavy atom. The van der Waals surface area contributed by atoms with Crippen molar-refractivity contribution in [3.63, 3.8) is 0 Å². The summed E-state index contributed by atoms with van der Waals surface area (Å²) >= 11 is 7.12. The van der Waals surface area contributed by atoms with Crippen molar-refractivity contribution in [1.29, 1.82) is 0 Å². The number of carbonyl (C=O) groups excluding carboxylic acids is 1. The maximum atomic E-state index is 13.5. The molecule has 1 aliphatic heterocycles. The van der Waals surface area contributed by atoms with Crippen LogP contribution in [-0.4, -0.2) is 44.3 Å². The number of halogens is 1. The van der Waals surface area contributed by atoms with E-state index in [4.69, 9.17) is 21.1 Å². The number of fused-ring (bicyclic) bond motifs is 1. The smallest absolute Gasteiger partial charge is 0.269 e. The van der Waals surface area contributed by atoms with Gasteiger partial charge in [0.05, 0.1) is 24.2 Å². The van der Waals surface area contributed by atoms with Gasteiger partial charge in [0.15, 0.2) is 6.10 Å². The summed E-state index contributed by atoms with van der Waals surface area (Å²) in [5, 5.41) is 12.3. The van der Waals surface area contributed by atoms with Crippen LogP contribution in [0.4, 0.5) is 10.8 Å². The van der Waals surface area contributed by atoms with E-state index >= 15 is 0 Å². The van der Waals surface area contributed by atoms with Crippen LogP contribution in [0.2, 0.25) is 5.02 Å². The molecule has 36 heavy (non-hydrogen) atoms. The van der Waals surface area contributed by atoms with Crippen LogP contribution in [0.25, 0.3) is 10.6 Å². The number of rotatable bonds is 6. The highest BCUT2D eigenvalue weighted by Crippen LogP contribution is 2.37. The monoisotopic (exact) mass is 542 g/mol. The Balaban J connectivity index is 1.39. The van der Waals surface area contributed by atoms with E-state index in [2.05, 4.69) is 15.5 Å². The maximum absolute atomic E-state index is 13.5. The van der Waals surface area contributed by atoms with Gasteiger partial charge in [-0.3, -0.25) is 14.4 Å². The Bertz CT molecular complexity index is 1510. The minimum Gasteiger partial charge on any atom is -0.497 e. The van der Waals surface area contributed by atoms with Gasteiger partial charge in [-0.25, -0.2) is 8.42 Å². The highest BCUT2D eigenvalue weighted by atomic mass is 35.5. The molecule has 0 radical (unpaired) electrons. The summed E-state index contributed by atoms with van der Waals surface area (Å²) in [6, 6.07) is 19.8. The summed E-state index contributed by atoms with van der Waals surface area (Å²) in [5.74, 6) is 0.266. The molecule has 4 aromatic rings. The number of methoxy groups -OCH3 is 1. The second kappa shape index (κ2) is 9.76. The van der Waals surface area contributed by atoms with E-state index in [0.717, 1.165) is 5.56 Å². The number of hydrogen-bond acceptors (Lipinski definition) is 8. The second-order valence-electron chi connectivity index (χ2n) is 7.69. The van der Waals surface area contributed by atoms with Gasteiger partial charge >= 0.3 is 0 Å². The Labute approximate surface area is 216 Å². The molecule has 0 bridgehead atoms. The summed E-state index contributed by atoms with van der Waals surface area (Å²) in [4.78, 5) is 13.2. The molecule has 184 valence electrons. The van der Waals surface area contributed by atoms with Gasteiger partial charge in [-0.2, -0.15) is 0 Å². The molecule has 0 saturated carbocycles. The van der Waals surface area contributed by atoms with Gasteiger partial charge in [0.1, 0.15) is 16.5 Å². The van der Waals surface area contributed by atoms with Gasteiger partial charge < -0.3 is 9.47 Å². The topological polar surface area (TPSA) is 111 Å². The molecule has 0 saturated heterocycles. The van der Waals surface area contributed by atoms with Gasteiger partial charge in [0.25, 0.3) is 15.9 Å². The van der Waals surface area contributed by atoms with E-state index in [1.54, 1.807) is 60.7 Å². The standard InChI is InChI=1S/C24H19ClN4O5S2/c1-33-17-10-12-18(13-11-17)36(31,32)29-14-21(34-20-5-3-2-4-19(20)29)22(30)26-24-28-27-23(35-24)15-6-8-16(25)9-7-15/h2-13,21H,14H2,1H3,(H,26,28,30)/t21-/m1/s1. The number of para-hydroxylation sites is 2. The molecule has 1 aliphatic rings. The van der Waals surface area contributed by atoms with Crippen molar-refractivity contribution in [3.8, 4) is 22.1 Å². The van der Waals surface area contributed by atoms with Crippen LogP contribution in [0.15, 0.2) is 77.7 Å². The molecule has 3 aromatic carbocycles. The van der Waals surface area contributed by atoms with Crippen molar-refractivity contribution in [3.05, 3.63) is 77.8 Å². The number of amides is 1. The fourth-order valence-electron chi connectivity index (χ4n) is 3.61. The molecule has 1 aromatic heterocycles. The zero-order chi connectivity index (χ0) is 25.3. The summed E-state index contributed by atoms with van der Waals surface area (Å²) in [6.07, 6.45) is -1.11. The predicted octanol–water partition coefficient (Wildman–Crippen LogP) is 4.46. The first-order valence-corrected chi connectivity index (χ1v) is 13.3. The minimum atomic E-state index is -3.99. The van der Waals surface area contributed by atoms with E-state index in [1.165, 1.54) is 34.9 Å². The quantitative estimate of drug-likeness (QED) is 0.383. The van der Waals surface area contributed by atoms with Gasteiger partial charge in [-0.1, -0.05) is 47.2 Å². The van der Waals surface area contributed by atoms with Crippen molar-refractivity contribution in [2.75, 3.05) is 23.3 Å². The molecule has 1 atom stereocenters. The van der Waals surface area contributed by atoms with Crippen molar-refractivity contribution in [2.24, 2.45) is 0 Å². The van der Waals surface area contributed by atoms with Crippen LogP contribution in [-0.2, 0) is 14.8 Å². The summed E-state index contributed by atoms with van der Waals surface area (Å²) in [7, 11) is -2.49. The zero-order valence-electron chi connectivity index (χ0n) is 18.8. The van der Waals surface area contributed by atoms with Crippen molar-refractivity contribution < 1.29 is 22.7 Å². The van der Waals surface area contributed by atoms with E-state index in [9.17, 15) is 13.2 Å². The fraction of sp³-hybridized carbons (Fsp3) is 0.125. The van der Waals surface area contributed by atoms with Crippen LogP contribution in [0.5, 0.6) is 11.5 Å². The van der Waals surface area contributed by atoms with Crippen LogP contribution < -0.4 is 19.1 Å². The second-order valence-corrected chi connectivity index (χ2v) is 11.0. The zero-order valence-corrected chi connectivity index (χ0v) is 21.2. The number of carbonyl (C=O) groups is 1. The van der Waals surface area contributed by atoms with Gasteiger partial charge in [-0.05, 0) is 48.5 Å². The molecule has 12 heteroatoms. The Morgan fingerprint density at radius 2 is 1.81 bits per heavy atom. The first kappa shape index (κ1) is 24.0. The van der Waals surface area contributed by atoms with E-state index in [-0.39, 0.29) is 22.3 Å². The minimum absolute atomic E-state index is 0.0656.